The van der Waals surface area contributed by atoms with Gasteiger partial charge in [-0.25, -0.2) is 28.1 Å². The van der Waals surface area contributed by atoms with Crippen LogP contribution in [0.3, 0.4) is 0 Å². The Bertz CT molecular complexity index is 960. The molecule has 1 aromatic heterocycles. The number of piperidine rings is 1. The lowest BCUT2D eigenvalue weighted by Gasteiger charge is -2.35. The smallest absolute Gasteiger partial charge is 0.248 e. The molecule has 2 aromatic rings. The fourth-order valence-electron chi connectivity index (χ4n) is 3.26. The van der Waals surface area contributed by atoms with Crippen LogP contribution in [0.25, 0.3) is 0 Å². The predicted octanol–water partition coefficient (Wildman–Crippen LogP) is 2.56. The second-order valence-corrected chi connectivity index (χ2v) is 8.34. The van der Waals surface area contributed by atoms with E-state index in [1.54, 1.807) is 17.2 Å². The van der Waals surface area contributed by atoms with Gasteiger partial charge in [-0.15, -0.1) is 0 Å². The third-order valence-electron chi connectivity index (χ3n) is 4.84. The lowest BCUT2D eigenvalue weighted by atomic mass is 9.93. The van der Waals surface area contributed by atoms with Crippen LogP contribution in [0.4, 0.5) is 19.0 Å². The summed E-state index contributed by atoms with van der Waals surface area (Å²) in [7, 11) is -1.22. The third kappa shape index (κ3) is 6.09. The van der Waals surface area contributed by atoms with Crippen LogP contribution in [-0.4, -0.2) is 63.4 Å². The molecule has 1 aromatic carbocycles. The number of hydrazone groups is 1. The van der Waals surface area contributed by atoms with Gasteiger partial charge in [-0.2, -0.15) is 5.10 Å². The fraction of sp³-hybridized carbons (Fsp3) is 0.400. The maximum absolute atomic E-state index is 14.5. The molecule has 7 nitrogen and oxygen atoms in total. The van der Waals surface area contributed by atoms with Crippen LogP contribution >= 0.6 is 0 Å². The minimum Gasteiger partial charge on any atom is -0.354 e. The first kappa shape index (κ1) is 22.9. The molecule has 0 saturated carbocycles. The SMILES string of the molecule is CS(=O)c1cc(N2CCC(C(=O)N3CCC=N3)C(F)C2)ncn1.Fc1cccc(F)c1. The molecule has 31 heavy (non-hydrogen) atoms. The van der Waals surface area contributed by atoms with Crippen molar-refractivity contribution in [2.24, 2.45) is 11.0 Å². The quantitative estimate of drug-likeness (QED) is 0.668. The zero-order valence-corrected chi connectivity index (χ0v) is 17.6. The van der Waals surface area contributed by atoms with Crippen LogP contribution in [0.5, 0.6) is 0 Å². The molecule has 0 radical (unpaired) electrons. The summed E-state index contributed by atoms with van der Waals surface area (Å²) in [6.07, 6.45) is 4.38. The number of amides is 1. The Morgan fingerprint density at radius 3 is 2.45 bits per heavy atom. The number of anilines is 1. The molecule has 3 atom stereocenters. The fourth-order valence-corrected chi connectivity index (χ4v) is 3.73. The van der Waals surface area contributed by atoms with Crippen molar-refractivity contribution in [3.05, 3.63) is 48.3 Å². The molecular weight excluding hydrogens is 431 g/mol. The number of halogens is 3. The number of hydrogen-bond acceptors (Lipinski definition) is 6. The van der Waals surface area contributed by atoms with Gasteiger partial charge in [-0.05, 0) is 18.6 Å². The Balaban J connectivity index is 0.000000287. The number of carbonyl (C=O) groups excluding carboxylic acids is 1. The number of carbonyl (C=O) groups is 1. The predicted molar refractivity (Wildman–Crippen MR) is 111 cm³/mol. The molecule has 166 valence electrons. The van der Waals surface area contributed by atoms with Crippen molar-refractivity contribution in [1.29, 1.82) is 0 Å². The summed E-state index contributed by atoms with van der Waals surface area (Å²) < 4.78 is 49.9. The van der Waals surface area contributed by atoms with Gasteiger partial charge in [-0.3, -0.25) is 9.00 Å². The Morgan fingerprint density at radius 1 is 1.16 bits per heavy atom. The van der Waals surface area contributed by atoms with Crippen LogP contribution < -0.4 is 4.90 Å². The molecule has 1 fully saturated rings. The van der Waals surface area contributed by atoms with E-state index in [2.05, 4.69) is 15.1 Å². The molecule has 11 heteroatoms. The van der Waals surface area contributed by atoms with E-state index in [0.717, 1.165) is 12.5 Å². The summed E-state index contributed by atoms with van der Waals surface area (Å²) in [6, 6.07) is 6.16. The van der Waals surface area contributed by atoms with Gasteiger partial charge >= 0.3 is 0 Å². The number of nitrogens with zero attached hydrogens (tertiary/aromatic N) is 5. The molecule has 1 saturated heterocycles. The summed E-state index contributed by atoms with van der Waals surface area (Å²) in [5.74, 6) is -1.44. The monoisotopic (exact) mass is 453 g/mol. The highest BCUT2D eigenvalue weighted by Gasteiger charge is 2.37. The maximum Gasteiger partial charge on any atom is 0.248 e. The standard InChI is InChI=1S/C14H18FN5O2S.C6H4F2/c1-23(22)13-7-12(16-9-17-13)19-6-3-10(11(15)8-19)14(21)20-5-2-4-18-20;7-5-2-1-3-6(8)4-5/h4,7,9-11H,2-3,5-6,8H2,1H3;1-4H. The third-order valence-corrected chi connectivity index (χ3v) is 5.65. The van der Waals surface area contributed by atoms with Crippen LogP contribution in [0.2, 0.25) is 0 Å². The summed E-state index contributed by atoms with van der Waals surface area (Å²) in [6.45, 7) is 1.13. The average molecular weight is 453 g/mol. The Hall–Kier alpha value is -2.82. The Morgan fingerprint density at radius 2 is 1.90 bits per heavy atom. The van der Waals surface area contributed by atoms with E-state index in [4.69, 9.17) is 0 Å². The van der Waals surface area contributed by atoms with Crippen LogP contribution in [0.15, 0.2) is 46.8 Å². The van der Waals surface area contributed by atoms with Gasteiger partial charge < -0.3 is 4.90 Å². The van der Waals surface area contributed by atoms with Gasteiger partial charge in [0.15, 0.2) is 0 Å². The first-order valence-electron chi connectivity index (χ1n) is 9.64. The van der Waals surface area contributed by atoms with E-state index in [0.29, 0.717) is 30.4 Å². The Kier molecular flexibility index (Phi) is 7.72. The largest absolute Gasteiger partial charge is 0.354 e. The van der Waals surface area contributed by atoms with Crippen molar-refractivity contribution in [2.75, 3.05) is 30.8 Å². The Labute approximate surface area is 180 Å². The van der Waals surface area contributed by atoms with Crippen molar-refractivity contribution in [2.45, 2.75) is 24.0 Å². The molecule has 0 N–H and O–H groups in total. The molecule has 0 bridgehead atoms. The molecule has 1 amide bonds. The first-order valence-corrected chi connectivity index (χ1v) is 11.2. The van der Waals surface area contributed by atoms with E-state index >= 15 is 0 Å². The lowest BCUT2D eigenvalue weighted by molar-refractivity contribution is -0.137. The minimum absolute atomic E-state index is 0.0841. The number of rotatable bonds is 3. The van der Waals surface area contributed by atoms with Gasteiger partial charge in [0.25, 0.3) is 0 Å². The van der Waals surface area contributed by atoms with Crippen LogP contribution in [0, 0.1) is 17.6 Å². The highest BCUT2D eigenvalue weighted by atomic mass is 32.2. The van der Waals surface area contributed by atoms with Gasteiger partial charge in [0.2, 0.25) is 5.91 Å². The first-order chi connectivity index (χ1) is 14.8. The van der Waals surface area contributed by atoms with Crippen molar-refractivity contribution in [1.82, 2.24) is 15.0 Å². The van der Waals surface area contributed by atoms with Crippen LogP contribution in [-0.2, 0) is 15.6 Å². The molecule has 0 spiro atoms. The summed E-state index contributed by atoms with van der Waals surface area (Å²) in [5.41, 5.74) is 0. The van der Waals surface area contributed by atoms with E-state index in [1.807, 2.05) is 0 Å². The number of aromatic nitrogens is 2. The molecule has 0 aliphatic carbocycles. The van der Waals surface area contributed by atoms with E-state index in [9.17, 15) is 22.2 Å². The van der Waals surface area contributed by atoms with Gasteiger partial charge in [0.05, 0.1) is 23.3 Å². The van der Waals surface area contributed by atoms with E-state index in [1.165, 1.54) is 35.8 Å². The molecule has 3 unspecified atom stereocenters. The van der Waals surface area contributed by atoms with Crippen molar-refractivity contribution < 1.29 is 22.2 Å². The summed E-state index contributed by atoms with van der Waals surface area (Å²) in [4.78, 5) is 22.1. The normalized spacial score (nSPS) is 21.4. The number of alkyl halides is 1. The highest BCUT2D eigenvalue weighted by Crippen LogP contribution is 2.27. The zero-order chi connectivity index (χ0) is 22.4. The number of hydrogen-bond donors (Lipinski definition) is 0. The lowest BCUT2D eigenvalue weighted by Crippen LogP contribution is -2.48. The zero-order valence-electron chi connectivity index (χ0n) is 16.8. The van der Waals surface area contributed by atoms with Gasteiger partial charge in [0, 0.05) is 44.1 Å². The van der Waals surface area contributed by atoms with Crippen molar-refractivity contribution in [3.63, 3.8) is 0 Å². The summed E-state index contributed by atoms with van der Waals surface area (Å²) >= 11 is 0. The minimum atomic E-state index is -1.28. The second-order valence-electron chi connectivity index (χ2n) is 7.01. The van der Waals surface area contributed by atoms with E-state index in [-0.39, 0.29) is 12.5 Å². The maximum atomic E-state index is 14.5. The van der Waals surface area contributed by atoms with Crippen LogP contribution in [0.1, 0.15) is 12.8 Å². The molecule has 4 rings (SSSR count). The van der Waals surface area contributed by atoms with E-state index < -0.39 is 34.5 Å². The summed E-state index contributed by atoms with van der Waals surface area (Å²) in [5, 5.41) is 5.75. The second kappa shape index (κ2) is 10.5. The average Bonchev–Trinajstić information content (AvgIpc) is 3.28. The number of benzene rings is 1. The van der Waals surface area contributed by atoms with Gasteiger partial charge in [0.1, 0.15) is 35.0 Å². The van der Waals surface area contributed by atoms with Crippen molar-refractivity contribution in [3.8, 4) is 0 Å². The van der Waals surface area contributed by atoms with Gasteiger partial charge in [-0.1, -0.05) is 6.07 Å². The molecule has 2 aliphatic rings. The molecular formula is C20H22F3N5O2S. The van der Waals surface area contributed by atoms with Crippen molar-refractivity contribution >= 4 is 28.7 Å². The molecule has 2 aliphatic heterocycles. The topological polar surface area (TPSA) is 78.8 Å². The molecule has 3 heterocycles. The highest BCUT2D eigenvalue weighted by molar-refractivity contribution is 7.84.